The molecule has 0 saturated carbocycles. The van der Waals surface area contributed by atoms with Crippen molar-refractivity contribution in [3.8, 4) is 5.75 Å². The van der Waals surface area contributed by atoms with Crippen molar-refractivity contribution in [2.75, 3.05) is 23.8 Å². The average Bonchev–Trinajstić information content (AvgIpc) is 2.55. The number of hydrogen-bond donors (Lipinski definition) is 2. The normalized spacial score (nSPS) is 10.1. The lowest BCUT2D eigenvalue weighted by atomic mass is 10.1. The van der Waals surface area contributed by atoms with Gasteiger partial charge in [-0.3, -0.25) is 4.79 Å². The molecule has 2 aromatic carbocycles. The van der Waals surface area contributed by atoms with E-state index in [0.717, 1.165) is 33.8 Å². The quantitative estimate of drug-likeness (QED) is 0.746. The van der Waals surface area contributed by atoms with Gasteiger partial charge in [-0.05, 0) is 55.7 Å². The minimum Gasteiger partial charge on any atom is -0.489 e. The summed E-state index contributed by atoms with van der Waals surface area (Å²) in [5.41, 5.74) is 4.81. The topological polar surface area (TPSA) is 50.4 Å². The summed E-state index contributed by atoms with van der Waals surface area (Å²) in [5.74, 6) is 0.662. The van der Waals surface area contributed by atoms with Gasteiger partial charge in [0.1, 0.15) is 12.4 Å². The van der Waals surface area contributed by atoms with Crippen LogP contribution in [-0.2, 0) is 4.79 Å². The molecular formula is C20H24N2O2. The van der Waals surface area contributed by atoms with Gasteiger partial charge in [0.05, 0.1) is 6.54 Å². The van der Waals surface area contributed by atoms with E-state index in [-0.39, 0.29) is 12.5 Å². The number of aryl methyl sites for hydroxylation is 2. The predicted octanol–water partition coefficient (Wildman–Crippen LogP) is 4.31. The van der Waals surface area contributed by atoms with Crippen molar-refractivity contribution in [3.05, 3.63) is 65.7 Å². The summed E-state index contributed by atoms with van der Waals surface area (Å²) in [4.78, 5) is 12.1. The van der Waals surface area contributed by atoms with Crippen LogP contribution in [0, 0.1) is 13.8 Å². The van der Waals surface area contributed by atoms with Gasteiger partial charge in [0, 0.05) is 17.4 Å². The zero-order chi connectivity index (χ0) is 17.5. The minimum atomic E-state index is -0.0862. The summed E-state index contributed by atoms with van der Waals surface area (Å²) in [6.07, 6.45) is 0. The van der Waals surface area contributed by atoms with Gasteiger partial charge in [0.25, 0.3) is 0 Å². The fourth-order valence-electron chi connectivity index (χ4n) is 2.15. The molecular weight excluding hydrogens is 300 g/mol. The third-order valence-electron chi connectivity index (χ3n) is 3.44. The lowest BCUT2D eigenvalue weighted by Gasteiger charge is -2.12. The Bertz CT molecular complexity index is 738. The fraction of sp³-hybridized carbons (Fsp3) is 0.250. The van der Waals surface area contributed by atoms with Crippen LogP contribution in [0.4, 0.5) is 11.4 Å². The molecule has 0 unspecified atom stereocenters. The molecule has 0 radical (unpaired) electrons. The van der Waals surface area contributed by atoms with Gasteiger partial charge in [0.15, 0.2) is 0 Å². The molecule has 0 bridgehead atoms. The number of nitrogens with one attached hydrogen (secondary N) is 2. The highest BCUT2D eigenvalue weighted by atomic mass is 16.5. The molecule has 2 N–H and O–H groups in total. The summed E-state index contributed by atoms with van der Waals surface area (Å²) in [5, 5.41) is 6.04. The van der Waals surface area contributed by atoms with Crippen molar-refractivity contribution in [2.24, 2.45) is 0 Å². The van der Waals surface area contributed by atoms with Gasteiger partial charge >= 0.3 is 0 Å². The number of carbonyl (C=O) groups excluding carboxylic acids is 1. The highest BCUT2D eigenvalue weighted by Gasteiger charge is 2.05. The smallest absolute Gasteiger partial charge is 0.243 e. The molecule has 0 aliphatic carbocycles. The summed E-state index contributed by atoms with van der Waals surface area (Å²) >= 11 is 0. The Morgan fingerprint density at radius 1 is 1.17 bits per heavy atom. The van der Waals surface area contributed by atoms with Crippen molar-refractivity contribution < 1.29 is 9.53 Å². The van der Waals surface area contributed by atoms with Gasteiger partial charge in [-0.1, -0.05) is 24.8 Å². The van der Waals surface area contributed by atoms with Crippen LogP contribution in [0.3, 0.4) is 0 Å². The molecule has 24 heavy (non-hydrogen) atoms. The Balaban J connectivity index is 1.90. The van der Waals surface area contributed by atoms with E-state index in [4.69, 9.17) is 4.74 Å². The molecule has 0 aliphatic heterocycles. The number of anilines is 2. The molecule has 0 fully saturated rings. The second kappa shape index (κ2) is 8.20. The van der Waals surface area contributed by atoms with Crippen LogP contribution in [-0.4, -0.2) is 19.1 Å². The molecule has 4 nitrogen and oxygen atoms in total. The summed E-state index contributed by atoms with van der Waals surface area (Å²) < 4.78 is 5.60. The number of hydrogen-bond acceptors (Lipinski definition) is 3. The molecule has 0 aliphatic rings. The molecule has 126 valence electrons. The van der Waals surface area contributed by atoms with Gasteiger partial charge in [0.2, 0.25) is 5.91 Å². The van der Waals surface area contributed by atoms with Crippen LogP contribution in [0.15, 0.2) is 54.6 Å². The standard InChI is InChI=1S/C20H24N2O2/c1-14(2)13-24-18-7-5-6-17(11-18)21-12-20(23)22-19-10-15(3)8-9-16(19)4/h5-11,21H,1,12-13H2,2-4H3,(H,22,23). The molecule has 0 saturated heterocycles. The first-order chi connectivity index (χ1) is 11.4. The predicted molar refractivity (Wildman–Crippen MR) is 99.8 cm³/mol. The Kier molecular flexibility index (Phi) is 6.01. The minimum absolute atomic E-state index is 0.0862. The second-order valence-corrected chi connectivity index (χ2v) is 5.99. The Morgan fingerprint density at radius 3 is 2.71 bits per heavy atom. The van der Waals surface area contributed by atoms with E-state index < -0.39 is 0 Å². The largest absolute Gasteiger partial charge is 0.489 e. The zero-order valence-electron chi connectivity index (χ0n) is 14.5. The summed E-state index contributed by atoms with van der Waals surface area (Å²) in [6, 6.07) is 13.5. The molecule has 2 rings (SSSR count). The maximum atomic E-state index is 12.1. The van der Waals surface area contributed by atoms with Crippen LogP contribution in [0.5, 0.6) is 5.75 Å². The van der Waals surface area contributed by atoms with Crippen LogP contribution < -0.4 is 15.4 Å². The number of carbonyl (C=O) groups is 1. The van der Waals surface area contributed by atoms with Crippen molar-refractivity contribution in [2.45, 2.75) is 20.8 Å². The Hall–Kier alpha value is -2.75. The third kappa shape index (κ3) is 5.47. The van der Waals surface area contributed by atoms with Crippen LogP contribution in [0.25, 0.3) is 0 Å². The molecule has 0 aromatic heterocycles. The van der Waals surface area contributed by atoms with Gasteiger partial charge in [-0.2, -0.15) is 0 Å². The van der Waals surface area contributed by atoms with Crippen molar-refractivity contribution >= 4 is 17.3 Å². The van der Waals surface area contributed by atoms with E-state index in [1.54, 1.807) is 0 Å². The van der Waals surface area contributed by atoms with Gasteiger partial charge in [-0.15, -0.1) is 0 Å². The van der Waals surface area contributed by atoms with Crippen molar-refractivity contribution in [1.29, 1.82) is 0 Å². The average molecular weight is 324 g/mol. The van der Waals surface area contributed by atoms with E-state index in [1.165, 1.54) is 0 Å². The SMILES string of the molecule is C=C(C)COc1cccc(NCC(=O)Nc2cc(C)ccc2C)c1. The van der Waals surface area contributed by atoms with E-state index in [0.29, 0.717) is 6.61 Å². The highest BCUT2D eigenvalue weighted by molar-refractivity contribution is 5.94. The molecule has 4 heteroatoms. The van der Waals surface area contributed by atoms with E-state index in [2.05, 4.69) is 17.2 Å². The highest BCUT2D eigenvalue weighted by Crippen LogP contribution is 2.18. The third-order valence-corrected chi connectivity index (χ3v) is 3.44. The maximum absolute atomic E-state index is 12.1. The van der Waals surface area contributed by atoms with Crippen LogP contribution >= 0.6 is 0 Å². The molecule has 0 spiro atoms. The van der Waals surface area contributed by atoms with E-state index in [1.807, 2.05) is 63.2 Å². The summed E-state index contributed by atoms with van der Waals surface area (Å²) in [6.45, 7) is 10.4. The van der Waals surface area contributed by atoms with Crippen molar-refractivity contribution in [3.63, 3.8) is 0 Å². The van der Waals surface area contributed by atoms with Gasteiger partial charge < -0.3 is 15.4 Å². The van der Waals surface area contributed by atoms with Gasteiger partial charge in [-0.25, -0.2) is 0 Å². The molecule has 0 atom stereocenters. The number of benzene rings is 2. The summed E-state index contributed by atoms with van der Waals surface area (Å²) in [7, 11) is 0. The molecule has 0 heterocycles. The first kappa shape index (κ1) is 17.6. The Morgan fingerprint density at radius 2 is 1.96 bits per heavy atom. The second-order valence-electron chi connectivity index (χ2n) is 5.99. The van der Waals surface area contributed by atoms with Crippen LogP contribution in [0.2, 0.25) is 0 Å². The first-order valence-corrected chi connectivity index (χ1v) is 7.92. The fourth-order valence-corrected chi connectivity index (χ4v) is 2.15. The van der Waals surface area contributed by atoms with E-state index >= 15 is 0 Å². The van der Waals surface area contributed by atoms with Crippen LogP contribution in [0.1, 0.15) is 18.1 Å². The molecule has 2 aromatic rings. The number of ether oxygens (including phenoxy) is 1. The van der Waals surface area contributed by atoms with E-state index in [9.17, 15) is 4.79 Å². The van der Waals surface area contributed by atoms with Crippen molar-refractivity contribution in [1.82, 2.24) is 0 Å². The molecule has 1 amide bonds. The lowest BCUT2D eigenvalue weighted by molar-refractivity contribution is -0.114. The maximum Gasteiger partial charge on any atom is 0.243 e. The monoisotopic (exact) mass is 324 g/mol. The zero-order valence-corrected chi connectivity index (χ0v) is 14.5. The lowest BCUT2D eigenvalue weighted by Crippen LogP contribution is -2.22. The number of rotatable bonds is 7. The Labute approximate surface area is 143 Å². The number of amides is 1. The first-order valence-electron chi connectivity index (χ1n) is 7.92.